The second-order valence-corrected chi connectivity index (χ2v) is 7.79. The van der Waals surface area contributed by atoms with Crippen molar-refractivity contribution in [2.75, 3.05) is 5.32 Å². The van der Waals surface area contributed by atoms with Crippen molar-refractivity contribution in [3.63, 3.8) is 0 Å². The summed E-state index contributed by atoms with van der Waals surface area (Å²) < 4.78 is 0. The number of carbonyl (C=O) groups is 1. The number of para-hydroxylation sites is 1. The van der Waals surface area contributed by atoms with E-state index in [2.05, 4.69) is 48.6 Å². The molecule has 1 aliphatic carbocycles. The van der Waals surface area contributed by atoms with E-state index in [0.717, 1.165) is 28.1 Å². The summed E-state index contributed by atoms with van der Waals surface area (Å²) in [6.45, 7) is 2.12. The van der Waals surface area contributed by atoms with Crippen molar-refractivity contribution < 1.29 is 4.79 Å². The molecule has 3 aromatic rings. The predicted octanol–water partition coefficient (Wildman–Crippen LogP) is 5.86. The lowest BCUT2D eigenvalue weighted by Gasteiger charge is -2.19. The van der Waals surface area contributed by atoms with E-state index in [1.807, 2.05) is 36.4 Å². The molecule has 0 fully saturated rings. The number of carbonyl (C=O) groups excluding carboxylic acids is 1. The maximum absolute atomic E-state index is 13.3. The molecule has 1 unspecified atom stereocenters. The van der Waals surface area contributed by atoms with Gasteiger partial charge in [0.25, 0.3) is 0 Å². The largest absolute Gasteiger partial charge is 0.354 e. The Kier molecular flexibility index (Phi) is 3.50. The number of benzene rings is 3. The maximum Gasteiger partial charge on any atom is 0.193 e. The van der Waals surface area contributed by atoms with E-state index in [-0.39, 0.29) is 11.0 Å². The first-order valence-corrected chi connectivity index (χ1v) is 9.58. The fraction of sp³-hybridized carbons (Fsp3) is 0.0870. The molecule has 1 heterocycles. The molecule has 0 saturated heterocycles. The van der Waals surface area contributed by atoms with Crippen molar-refractivity contribution in [3.05, 3.63) is 101 Å². The number of fused-ring (bicyclic) bond motifs is 3. The first-order chi connectivity index (χ1) is 12.7. The molecule has 0 spiro atoms. The molecule has 3 heteroatoms. The van der Waals surface area contributed by atoms with Crippen LogP contribution in [0.2, 0.25) is 0 Å². The summed E-state index contributed by atoms with van der Waals surface area (Å²) in [5.74, 6) is 0.136. The van der Waals surface area contributed by atoms with E-state index in [9.17, 15) is 4.79 Å². The highest BCUT2D eigenvalue weighted by Crippen LogP contribution is 2.52. The van der Waals surface area contributed by atoms with Gasteiger partial charge in [-0.25, -0.2) is 0 Å². The Bertz CT molecular complexity index is 1080. The molecule has 2 nitrogen and oxygen atoms in total. The van der Waals surface area contributed by atoms with Crippen LogP contribution in [0.3, 0.4) is 0 Å². The third-order valence-corrected chi connectivity index (χ3v) is 6.41. The highest BCUT2D eigenvalue weighted by Gasteiger charge is 2.38. The fourth-order valence-electron chi connectivity index (χ4n) is 3.78. The molecule has 0 amide bonds. The van der Waals surface area contributed by atoms with Gasteiger partial charge < -0.3 is 5.32 Å². The average molecular weight is 355 g/mol. The fourth-order valence-corrected chi connectivity index (χ4v) is 5.17. The van der Waals surface area contributed by atoms with Gasteiger partial charge in [0.15, 0.2) is 5.78 Å². The van der Waals surface area contributed by atoms with Crippen molar-refractivity contribution in [3.8, 4) is 0 Å². The minimum Gasteiger partial charge on any atom is -0.354 e. The Labute approximate surface area is 157 Å². The zero-order valence-electron chi connectivity index (χ0n) is 14.3. The molecule has 0 radical (unpaired) electrons. The molecule has 0 saturated carbocycles. The second-order valence-electron chi connectivity index (χ2n) is 6.64. The summed E-state index contributed by atoms with van der Waals surface area (Å²) in [4.78, 5) is 14.5. The summed E-state index contributed by atoms with van der Waals surface area (Å²) in [5, 5.41) is 3.54. The van der Waals surface area contributed by atoms with Gasteiger partial charge >= 0.3 is 0 Å². The van der Waals surface area contributed by atoms with Crippen LogP contribution in [0.5, 0.6) is 0 Å². The summed E-state index contributed by atoms with van der Waals surface area (Å²) in [5.41, 5.74) is 7.08. The van der Waals surface area contributed by atoms with Crippen molar-refractivity contribution in [1.82, 2.24) is 0 Å². The molecule has 1 atom stereocenters. The smallest absolute Gasteiger partial charge is 0.193 e. The summed E-state index contributed by atoms with van der Waals surface area (Å²) >= 11 is 1.75. The molecule has 0 aromatic heterocycles. The van der Waals surface area contributed by atoms with Crippen LogP contribution in [0.1, 0.15) is 32.3 Å². The number of rotatable bonds is 1. The van der Waals surface area contributed by atoms with Gasteiger partial charge in [0.1, 0.15) is 0 Å². The van der Waals surface area contributed by atoms with Gasteiger partial charge in [-0.15, -0.1) is 11.8 Å². The van der Waals surface area contributed by atoms with Crippen LogP contribution in [0, 0.1) is 6.92 Å². The quantitative estimate of drug-likeness (QED) is 0.592. The summed E-state index contributed by atoms with van der Waals surface area (Å²) in [6.07, 6.45) is 0. The molecule has 2 aliphatic rings. The van der Waals surface area contributed by atoms with E-state index in [0.29, 0.717) is 0 Å². The van der Waals surface area contributed by atoms with Crippen LogP contribution < -0.4 is 5.32 Å². The molecule has 1 aliphatic heterocycles. The van der Waals surface area contributed by atoms with Crippen molar-refractivity contribution in [2.24, 2.45) is 0 Å². The lowest BCUT2D eigenvalue weighted by atomic mass is 9.97. The maximum atomic E-state index is 13.3. The lowest BCUT2D eigenvalue weighted by molar-refractivity contribution is 0.103. The standard InChI is InChI=1S/C23H17NOS/c1-14-8-2-3-9-15(14)23-20-21(16-10-4-5-11-17(16)22(20)25)24-18-12-6-7-13-19(18)26-23/h2-13,23-24H,1H3. The number of hydrogen-bond acceptors (Lipinski definition) is 3. The number of ketones is 1. The van der Waals surface area contributed by atoms with Gasteiger partial charge in [-0.05, 0) is 30.2 Å². The van der Waals surface area contributed by atoms with E-state index in [1.165, 1.54) is 16.0 Å². The molecular weight excluding hydrogens is 338 g/mol. The molecule has 126 valence electrons. The Morgan fingerprint density at radius 1 is 0.846 bits per heavy atom. The predicted molar refractivity (Wildman–Crippen MR) is 108 cm³/mol. The highest BCUT2D eigenvalue weighted by atomic mass is 32.2. The van der Waals surface area contributed by atoms with E-state index < -0.39 is 0 Å². The molecule has 1 N–H and O–H groups in total. The van der Waals surface area contributed by atoms with Gasteiger partial charge in [0.2, 0.25) is 0 Å². The van der Waals surface area contributed by atoms with E-state index >= 15 is 0 Å². The van der Waals surface area contributed by atoms with Crippen LogP contribution in [0.25, 0.3) is 5.70 Å². The van der Waals surface area contributed by atoms with Gasteiger partial charge in [0, 0.05) is 21.6 Å². The van der Waals surface area contributed by atoms with Crippen molar-refractivity contribution in [1.29, 1.82) is 0 Å². The number of hydrogen-bond donors (Lipinski definition) is 1. The van der Waals surface area contributed by atoms with Gasteiger partial charge in [-0.3, -0.25) is 4.79 Å². The summed E-state index contributed by atoms with van der Waals surface area (Å²) in [6, 6.07) is 24.5. The number of aryl methyl sites for hydroxylation is 1. The third kappa shape index (κ3) is 2.24. The first kappa shape index (κ1) is 15.5. The molecule has 0 bridgehead atoms. The molecular formula is C23H17NOS. The Balaban J connectivity index is 1.78. The Hall–Kier alpha value is -2.78. The number of nitrogens with one attached hydrogen (secondary N) is 1. The van der Waals surface area contributed by atoms with Gasteiger partial charge in [-0.1, -0.05) is 60.7 Å². The van der Waals surface area contributed by atoms with Crippen LogP contribution >= 0.6 is 11.8 Å². The van der Waals surface area contributed by atoms with Crippen molar-refractivity contribution >= 4 is 28.9 Å². The lowest BCUT2D eigenvalue weighted by Crippen LogP contribution is -2.08. The zero-order chi connectivity index (χ0) is 17.7. The minimum absolute atomic E-state index is 0.0257. The van der Waals surface area contributed by atoms with Crippen LogP contribution in [0.4, 0.5) is 5.69 Å². The minimum atomic E-state index is -0.0257. The van der Waals surface area contributed by atoms with Crippen LogP contribution in [0.15, 0.2) is 83.3 Å². The summed E-state index contributed by atoms with van der Waals surface area (Å²) in [7, 11) is 0. The molecule has 5 rings (SSSR count). The Morgan fingerprint density at radius 2 is 1.54 bits per heavy atom. The Morgan fingerprint density at radius 3 is 2.38 bits per heavy atom. The van der Waals surface area contributed by atoms with Gasteiger partial charge in [0.05, 0.1) is 16.6 Å². The number of anilines is 1. The van der Waals surface area contributed by atoms with Crippen LogP contribution in [-0.2, 0) is 0 Å². The normalized spacial score (nSPS) is 17.9. The van der Waals surface area contributed by atoms with E-state index in [4.69, 9.17) is 0 Å². The van der Waals surface area contributed by atoms with Crippen molar-refractivity contribution in [2.45, 2.75) is 17.1 Å². The third-order valence-electron chi connectivity index (χ3n) is 5.08. The monoisotopic (exact) mass is 355 g/mol. The van der Waals surface area contributed by atoms with Gasteiger partial charge in [-0.2, -0.15) is 0 Å². The first-order valence-electron chi connectivity index (χ1n) is 8.70. The highest BCUT2D eigenvalue weighted by molar-refractivity contribution is 8.00. The molecule has 3 aromatic carbocycles. The van der Waals surface area contributed by atoms with E-state index in [1.54, 1.807) is 11.8 Å². The topological polar surface area (TPSA) is 29.1 Å². The zero-order valence-corrected chi connectivity index (χ0v) is 15.1. The van der Waals surface area contributed by atoms with Crippen LogP contribution in [-0.4, -0.2) is 5.78 Å². The average Bonchev–Trinajstić information content (AvgIpc) is 2.84. The second kappa shape index (κ2) is 5.89. The SMILES string of the molecule is Cc1ccccc1C1Sc2ccccc2NC2=C1C(=O)c1ccccc12. The molecule has 26 heavy (non-hydrogen) atoms. The number of thioether (sulfide) groups is 1. The number of Topliss-reactive ketones (excluding diaryl/α,β-unsaturated/α-hetero) is 1.